The summed E-state index contributed by atoms with van der Waals surface area (Å²) in [6, 6.07) is 0.488. The normalized spacial score (nSPS) is 12.3. The first-order valence-corrected chi connectivity index (χ1v) is 4.76. The number of nitrogens with one attached hydrogen (secondary N) is 2. The molecule has 0 aliphatic rings. The summed E-state index contributed by atoms with van der Waals surface area (Å²) in [6.07, 6.45) is 1.11. The van der Waals surface area contributed by atoms with Gasteiger partial charge in [0.05, 0.1) is 0 Å². The van der Waals surface area contributed by atoms with Gasteiger partial charge in [0.15, 0.2) is 0 Å². The Bertz CT molecular complexity index is 148. The molecule has 1 atom stereocenters. The molecule has 1 unspecified atom stereocenters. The highest BCUT2D eigenvalue weighted by Crippen LogP contribution is 1.85. The molecule has 0 aromatic heterocycles. The predicted molar refractivity (Wildman–Crippen MR) is 54.8 cm³/mol. The van der Waals surface area contributed by atoms with Crippen molar-refractivity contribution in [2.24, 2.45) is 0 Å². The summed E-state index contributed by atoms with van der Waals surface area (Å²) >= 11 is 0. The Hall–Kier alpha value is -0.770. The second-order valence-electron chi connectivity index (χ2n) is 3.39. The molecular weight excluding hydrogens is 166 g/mol. The molecule has 78 valence electrons. The third-order valence-electron chi connectivity index (χ3n) is 1.91. The van der Waals surface area contributed by atoms with Crippen molar-refractivity contribution >= 4 is 6.03 Å². The molecule has 0 aliphatic heterocycles. The van der Waals surface area contributed by atoms with Crippen LogP contribution >= 0.6 is 0 Å². The van der Waals surface area contributed by atoms with Crippen molar-refractivity contribution in [1.29, 1.82) is 0 Å². The molecule has 13 heavy (non-hydrogen) atoms. The van der Waals surface area contributed by atoms with Gasteiger partial charge < -0.3 is 15.5 Å². The summed E-state index contributed by atoms with van der Waals surface area (Å²) in [4.78, 5) is 12.6. The minimum atomic E-state index is -0.0362. The number of carbonyl (C=O) groups excluding carboxylic acids is 1. The molecule has 0 spiro atoms. The Labute approximate surface area is 80.7 Å². The molecule has 0 fully saturated rings. The van der Waals surface area contributed by atoms with Crippen LogP contribution in [-0.2, 0) is 0 Å². The molecule has 0 radical (unpaired) electrons. The van der Waals surface area contributed by atoms with Crippen LogP contribution in [0.2, 0.25) is 0 Å². The third kappa shape index (κ3) is 6.40. The smallest absolute Gasteiger partial charge is 0.316 e. The van der Waals surface area contributed by atoms with E-state index in [1.54, 1.807) is 14.1 Å². The summed E-state index contributed by atoms with van der Waals surface area (Å²) in [5.74, 6) is 0. The van der Waals surface area contributed by atoms with E-state index in [9.17, 15) is 4.79 Å². The maximum atomic E-state index is 11.0. The number of urea groups is 1. The Morgan fingerprint density at radius 1 is 1.38 bits per heavy atom. The lowest BCUT2D eigenvalue weighted by atomic mass is 10.3. The molecule has 0 rings (SSSR count). The van der Waals surface area contributed by atoms with Gasteiger partial charge in [0.2, 0.25) is 0 Å². The average molecular weight is 187 g/mol. The van der Waals surface area contributed by atoms with Crippen LogP contribution in [0.4, 0.5) is 4.79 Å². The Balaban J connectivity index is 3.31. The Morgan fingerprint density at radius 3 is 2.46 bits per heavy atom. The zero-order chi connectivity index (χ0) is 10.3. The number of amides is 2. The lowest BCUT2D eigenvalue weighted by molar-refractivity contribution is 0.217. The van der Waals surface area contributed by atoms with Gasteiger partial charge in [0.25, 0.3) is 0 Å². The SMILES string of the molecule is CCC(C)NCCNC(=O)N(C)C. The van der Waals surface area contributed by atoms with Gasteiger partial charge in [-0.2, -0.15) is 0 Å². The molecule has 0 aromatic rings. The van der Waals surface area contributed by atoms with Crippen LogP contribution in [0.25, 0.3) is 0 Å². The minimum Gasteiger partial charge on any atom is -0.337 e. The summed E-state index contributed by atoms with van der Waals surface area (Å²) in [5, 5.41) is 6.08. The fraction of sp³-hybridized carbons (Fsp3) is 0.889. The number of carbonyl (C=O) groups is 1. The first kappa shape index (κ1) is 12.2. The van der Waals surface area contributed by atoms with Gasteiger partial charge in [0, 0.05) is 33.2 Å². The Kier molecular flexibility index (Phi) is 6.32. The highest BCUT2D eigenvalue weighted by atomic mass is 16.2. The molecule has 4 heteroatoms. The molecule has 2 amide bonds. The fourth-order valence-electron chi connectivity index (χ4n) is 0.790. The van der Waals surface area contributed by atoms with Gasteiger partial charge in [0.1, 0.15) is 0 Å². The van der Waals surface area contributed by atoms with Crippen LogP contribution < -0.4 is 10.6 Å². The van der Waals surface area contributed by atoms with Crippen LogP contribution in [0, 0.1) is 0 Å². The van der Waals surface area contributed by atoms with E-state index < -0.39 is 0 Å². The van der Waals surface area contributed by atoms with E-state index in [1.807, 2.05) is 0 Å². The first-order valence-electron chi connectivity index (χ1n) is 4.76. The van der Waals surface area contributed by atoms with Crippen molar-refractivity contribution in [1.82, 2.24) is 15.5 Å². The van der Waals surface area contributed by atoms with Crippen LogP contribution in [0.1, 0.15) is 20.3 Å². The van der Waals surface area contributed by atoms with Gasteiger partial charge in [-0.15, -0.1) is 0 Å². The van der Waals surface area contributed by atoms with Crippen molar-refractivity contribution in [3.63, 3.8) is 0 Å². The second-order valence-corrected chi connectivity index (χ2v) is 3.39. The monoisotopic (exact) mass is 187 g/mol. The van der Waals surface area contributed by atoms with E-state index in [0.717, 1.165) is 13.0 Å². The van der Waals surface area contributed by atoms with Gasteiger partial charge in [-0.3, -0.25) is 0 Å². The standard InChI is InChI=1S/C9H21N3O/c1-5-8(2)10-6-7-11-9(13)12(3)4/h8,10H,5-7H2,1-4H3,(H,11,13). The van der Waals surface area contributed by atoms with Crippen LogP contribution in [-0.4, -0.2) is 44.2 Å². The van der Waals surface area contributed by atoms with Crippen LogP contribution in [0.5, 0.6) is 0 Å². The highest BCUT2D eigenvalue weighted by molar-refractivity contribution is 5.73. The second kappa shape index (κ2) is 6.71. The van der Waals surface area contributed by atoms with Gasteiger partial charge >= 0.3 is 6.03 Å². The summed E-state index contributed by atoms with van der Waals surface area (Å²) in [7, 11) is 3.47. The number of nitrogens with zero attached hydrogens (tertiary/aromatic N) is 1. The molecular formula is C9H21N3O. The molecule has 0 aromatic carbocycles. The lowest BCUT2D eigenvalue weighted by Crippen LogP contribution is -2.40. The van der Waals surface area contributed by atoms with Gasteiger partial charge in [-0.25, -0.2) is 4.79 Å². The molecule has 0 bridgehead atoms. The van der Waals surface area contributed by atoms with Crippen LogP contribution in [0.3, 0.4) is 0 Å². The van der Waals surface area contributed by atoms with E-state index >= 15 is 0 Å². The molecule has 0 saturated carbocycles. The molecule has 4 nitrogen and oxygen atoms in total. The van der Waals surface area contributed by atoms with E-state index in [0.29, 0.717) is 12.6 Å². The lowest BCUT2D eigenvalue weighted by Gasteiger charge is -2.14. The van der Waals surface area contributed by atoms with Gasteiger partial charge in [-0.05, 0) is 13.3 Å². The van der Waals surface area contributed by atoms with Gasteiger partial charge in [-0.1, -0.05) is 6.92 Å². The maximum Gasteiger partial charge on any atom is 0.316 e. The molecule has 0 heterocycles. The quantitative estimate of drug-likeness (QED) is 0.621. The summed E-state index contributed by atoms with van der Waals surface area (Å²) in [5.41, 5.74) is 0. The maximum absolute atomic E-state index is 11.0. The van der Waals surface area contributed by atoms with Crippen molar-refractivity contribution in [3.8, 4) is 0 Å². The largest absolute Gasteiger partial charge is 0.337 e. The van der Waals surface area contributed by atoms with Crippen LogP contribution in [0.15, 0.2) is 0 Å². The fourth-order valence-corrected chi connectivity index (χ4v) is 0.790. The number of hydrogen-bond donors (Lipinski definition) is 2. The Morgan fingerprint density at radius 2 is 2.00 bits per heavy atom. The third-order valence-corrected chi connectivity index (χ3v) is 1.91. The number of hydrogen-bond acceptors (Lipinski definition) is 2. The summed E-state index contributed by atoms with van der Waals surface area (Å²) < 4.78 is 0. The van der Waals surface area contributed by atoms with E-state index in [1.165, 1.54) is 4.90 Å². The van der Waals surface area contributed by atoms with Crippen molar-refractivity contribution < 1.29 is 4.79 Å². The average Bonchev–Trinajstić information content (AvgIpc) is 2.11. The topological polar surface area (TPSA) is 44.4 Å². The van der Waals surface area contributed by atoms with Crippen molar-refractivity contribution in [3.05, 3.63) is 0 Å². The first-order chi connectivity index (χ1) is 6.07. The predicted octanol–water partition coefficient (Wildman–Crippen LogP) is 0.646. The van der Waals surface area contributed by atoms with Crippen molar-refractivity contribution in [2.75, 3.05) is 27.2 Å². The molecule has 0 aliphatic carbocycles. The van der Waals surface area contributed by atoms with Crippen molar-refractivity contribution in [2.45, 2.75) is 26.3 Å². The summed E-state index contributed by atoms with van der Waals surface area (Å²) in [6.45, 7) is 5.78. The number of rotatable bonds is 5. The van der Waals surface area contributed by atoms with E-state index in [-0.39, 0.29) is 6.03 Å². The van der Waals surface area contributed by atoms with E-state index in [2.05, 4.69) is 24.5 Å². The molecule has 2 N–H and O–H groups in total. The zero-order valence-electron chi connectivity index (χ0n) is 9.05. The molecule has 0 saturated heterocycles. The minimum absolute atomic E-state index is 0.0362. The highest BCUT2D eigenvalue weighted by Gasteiger charge is 2.01. The van der Waals surface area contributed by atoms with E-state index in [4.69, 9.17) is 0 Å². The zero-order valence-corrected chi connectivity index (χ0v) is 9.05.